The van der Waals surface area contributed by atoms with Gasteiger partial charge >= 0.3 is 6.61 Å². The number of sulfonamides is 1. The Labute approximate surface area is 144 Å². The van der Waals surface area contributed by atoms with Gasteiger partial charge in [0.05, 0.1) is 19.1 Å². The molecule has 2 aromatic rings. The zero-order valence-corrected chi connectivity index (χ0v) is 14.3. The lowest BCUT2D eigenvalue weighted by atomic mass is 10.2. The normalized spacial score (nSPS) is 11.4. The molecule has 136 valence electrons. The lowest BCUT2D eigenvalue weighted by molar-refractivity contribution is -0.0498. The van der Waals surface area contributed by atoms with Crippen molar-refractivity contribution in [3.8, 4) is 17.2 Å². The van der Waals surface area contributed by atoms with Gasteiger partial charge in [-0.3, -0.25) is 0 Å². The fourth-order valence-electron chi connectivity index (χ4n) is 2.03. The summed E-state index contributed by atoms with van der Waals surface area (Å²) in [6, 6.07) is 9.90. The number of halogens is 2. The summed E-state index contributed by atoms with van der Waals surface area (Å²) in [4.78, 5) is 0.0165. The predicted molar refractivity (Wildman–Crippen MR) is 86.6 cm³/mol. The Kier molecular flexibility index (Phi) is 6.16. The Hall–Kier alpha value is -2.39. The molecule has 0 aromatic heterocycles. The Morgan fingerprint density at radius 3 is 2.20 bits per heavy atom. The second-order valence-corrected chi connectivity index (χ2v) is 6.63. The highest BCUT2D eigenvalue weighted by molar-refractivity contribution is 7.89. The van der Waals surface area contributed by atoms with E-state index in [0.29, 0.717) is 17.1 Å². The summed E-state index contributed by atoms with van der Waals surface area (Å²) in [5.74, 6) is 0.705. The van der Waals surface area contributed by atoms with Gasteiger partial charge in [-0.2, -0.15) is 8.78 Å². The Balaban J connectivity index is 2.08. The number of hydrogen-bond acceptors (Lipinski definition) is 5. The smallest absolute Gasteiger partial charge is 0.387 e. The van der Waals surface area contributed by atoms with Crippen molar-refractivity contribution in [2.24, 2.45) is 0 Å². The van der Waals surface area contributed by atoms with Crippen molar-refractivity contribution in [3.05, 3.63) is 48.0 Å². The molecule has 2 rings (SSSR count). The van der Waals surface area contributed by atoms with E-state index in [-0.39, 0.29) is 17.2 Å². The van der Waals surface area contributed by atoms with Crippen LogP contribution in [0.3, 0.4) is 0 Å². The second kappa shape index (κ2) is 8.13. The quantitative estimate of drug-likeness (QED) is 0.770. The molecule has 0 spiro atoms. The van der Waals surface area contributed by atoms with Crippen molar-refractivity contribution in [2.45, 2.75) is 18.1 Å². The first-order chi connectivity index (χ1) is 11.9. The van der Waals surface area contributed by atoms with E-state index in [1.165, 1.54) is 56.7 Å². The summed E-state index contributed by atoms with van der Waals surface area (Å²) in [6.45, 7) is -2.92. The molecule has 0 aliphatic heterocycles. The van der Waals surface area contributed by atoms with E-state index in [1.807, 2.05) is 0 Å². The van der Waals surface area contributed by atoms with E-state index in [0.717, 1.165) is 0 Å². The Morgan fingerprint density at radius 1 is 1.00 bits per heavy atom. The van der Waals surface area contributed by atoms with Crippen LogP contribution in [0.4, 0.5) is 8.78 Å². The van der Waals surface area contributed by atoms with Crippen molar-refractivity contribution in [1.82, 2.24) is 4.72 Å². The molecular weight excluding hydrogens is 356 g/mol. The molecule has 0 atom stereocenters. The molecule has 0 unspecified atom stereocenters. The second-order valence-electron chi connectivity index (χ2n) is 4.86. The molecular formula is C16H17F2NO5S. The fourth-order valence-corrected chi connectivity index (χ4v) is 3.07. The summed E-state index contributed by atoms with van der Waals surface area (Å²) < 4.78 is 65.7. The largest absolute Gasteiger partial charge is 0.493 e. The van der Waals surface area contributed by atoms with E-state index < -0.39 is 16.6 Å². The lowest BCUT2D eigenvalue weighted by Gasteiger charge is -2.11. The maximum atomic E-state index is 12.4. The molecule has 2 aromatic carbocycles. The maximum Gasteiger partial charge on any atom is 0.387 e. The zero-order valence-electron chi connectivity index (χ0n) is 13.5. The van der Waals surface area contributed by atoms with E-state index >= 15 is 0 Å². The molecule has 6 nitrogen and oxygen atoms in total. The first-order valence-electron chi connectivity index (χ1n) is 7.11. The summed E-state index contributed by atoms with van der Waals surface area (Å²) in [7, 11) is -0.924. The number of rotatable bonds is 8. The minimum atomic E-state index is -3.78. The van der Waals surface area contributed by atoms with Crippen molar-refractivity contribution in [2.75, 3.05) is 14.2 Å². The molecule has 0 fully saturated rings. The van der Waals surface area contributed by atoms with Crippen molar-refractivity contribution in [3.63, 3.8) is 0 Å². The van der Waals surface area contributed by atoms with Gasteiger partial charge in [-0.1, -0.05) is 12.1 Å². The minimum absolute atomic E-state index is 0.00139. The van der Waals surface area contributed by atoms with Gasteiger partial charge in [-0.25, -0.2) is 13.1 Å². The number of alkyl halides is 2. The molecule has 0 aliphatic rings. The van der Waals surface area contributed by atoms with Crippen LogP contribution in [0.15, 0.2) is 47.4 Å². The van der Waals surface area contributed by atoms with Crippen LogP contribution in [0.5, 0.6) is 17.2 Å². The fraction of sp³-hybridized carbons (Fsp3) is 0.250. The van der Waals surface area contributed by atoms with Crippen LogP contribution >= 0.6 is 0 Å². The Morgan fingerprint density at radius 2 is 1.64 bits per heavy atom. The van der Waals surface area contributed by atoms with Gasteiger partial charge in [0, 0.05) is 12.6 Å². The standard InChI is InChI=1S/C16H17F2NO5S/c1-22-14-8-7-13(9-15(14)23-2)25(20,21)19-10-11-3-5-12(6-4-11)24-16(17)18/h3-9,16,19H,10H2,1-2H3. The molecule has 0 radical (unpaired) electrons. The van der Waals surface area contributed by atoms with E-state index in [9.17, 15) is 17.2 Å². The van der Waals surface area contributed by atoms with Crippen molar-refractivity contribution in [1.29, 1.82) is 0 Å². The monoisotopic (exact) mass is 373 g/mol. The number of methoxy groups -OCH3 is 2. The molecule has 0 aliphatic carbocycles. The third kappa shape index (κ3) is 5.04. The van der Waals surface area contributed by atoms with Crippen LogP contribution < -0.4 is 18.9 Å². The van der Waals surface area contributed by atoms with Crippen LogP contribution in [0.25, 0.3) is 0 Å². The van der Waals surface area contributed by atoms with Gasteiger partial charge < -0.3 is 14.2 Å². The average molecular weight is 373 g/mol. The molecule has 0 saturated carbocycles. The number of benzene rings is 2. The summed E-state index contributed by atoms with van der Waals surface area (Å²) in [5.41, 5.74) is 0.589. The SMILES string of the molecule is COc1ccc(S(=O)(=O)NCc2ccc(OC(F)F)cc2)cc1OC. The maximum absolute atomic E-state index is 12.4. The van der Waals surface area contributed by atoms with Gasteiger partial charge in [0.1, 0.15) is 5.75 Å². The van der Waals surface area contributed by atoms with Crippen LogP contribution in [0.1, 0.15) is 5.56 Å². The number of nitrogens with one attached hydrogen (secondary N) is 1. The van der Waals surface area contributed by atoms with E-state index in [4.69, 9.17) is 9.47 Å². The van der Waals surface area contributed by atoms with E-state index in [1.54, 1.807) is 0 Å². The first kappa shape index (κ1) is 18.9. The van der Waals surface area contributed by atoms with E-state index in [2.05, 4.69) is 9.46 Å². The third-order valence-corrected chi connectivity index (χ3v) is 4.68. The number of ether oxygens (including phenoxy) is 3. The highest BCUT2D eigenvalue weighted by Crippen LogP contribution is 2.29. The molecule has 25 heavy (non-hydrogen) atoms. The topological polar surface area (TPSA) is 73.9 Å². The molecule has 0 saturated heterocycles. The lowest BCUT2D eigenvalue weighted by Crippen LogP contribution is -2.23. The molecule has 0 amide bonds. The third-order valence-electron chi connectivity index (χ3n) is 3.28. The van der Waals surface area contributed by atoms with Crippen LogP contribution in [-0.2, 0) is 16.6 Å². The van der Waals surface area contributed by atoms with Crippen molar-refractivity contribution < 1.29 is 31.4 Å². The first-order valence-corrected chi connectivity index (χ1v) is 8.59. The molecule has 1 N–H and O–H groups in total. The number of hydrogen-bond donors (Lipinski definition) is 1. The average Bonchev–Trinajstić information content (AvgIpc) is 2.60. The molecule has 0 heterocycles. The van der Waals surface area contributed by atoms with Gasteiger partial charge in [0.2, 0.25) is 10.0 Å². The molecule has 0 bridgehead atoms. The van der Waals surface area contributed by atoms with Gasteiger partial charge in [0.15, 0.2) is 11.5 Å². The van der Waals surface area contributed by atoms with Gasteiger partial charge in [-0.15, -0.1) is 0 Å². The van der Waals surface area contributed by atoms with Crippen LogP contribution in [0.2, 0.25) is 0 Å². The minimum Gasteiger partial charge on any atom is -0.493 e. The Bertz CT molecular complexity index is 810. The summed E-state index contributed by atoms with van der Waals surface area (Å²) >= 11 is 0. The van der Waals surface area contributed by atoms with Crippen LogP contribution in [0, 0.1) is 0 Å². The highest BCUT2D eigenvalue weighted by Gasteiger charge is 2.17. The van der Waals surface area contributed by atoms with Crippen molar-refractivity contribution >= 4 is 10.0 Å². The van der Waals surface area contributed by atoms with Gasteiger partial charge in [0.25, 0.3) is 0 Å². The van der Waals surface area contributed by atoms with Gasteiger partial charge in [-0.05, 0) is 29.8 Å². The molecule has 9 heteroatoms. The summed E-state index contributed by atoms with van der Waals surface area (Å²) in [5, 5.41) is 0. The summed E-state index contributed by atoms with van der Waals surface area (Å²) in [6.07, 6.45) is 0. The highest BCUT2D eigenvalue weighted by atomic mass is 32.2. The zero-order chi connectivity index (χ0) is 18.4. The van der Waals surface area contributed by atoms with Crippen LogP contribution in [-0.4, -0.2) is 29.2 Å². The predicted octanol–water partition coefficient (Wildman–Crippen LogP) is 2.78.